The number of pyridine rings is 1. The second-order valence-electron chi connectivity index (χ2n) is 5.73. The van der Waals surface area contributed by atoms with Gasteiger partial charge in [-0.2, -0.15) is 0 Å². The Balaban J connectivity index is 2.53. The standard InChI is InChI=1S/C15H21N3O2S/c1-11(2)15(3,10-16)18-21(19,20)14-6-4-5-12-9-17-8-7-13(12)14/h4-9,11,18H,10,16H2,1-3H3. The van der Waals surface area contributed by atoms with Crippen LogP contribution in [0, 0.1) is 5.92 Å². The molecule has 0 aliphatic rings. The lowest BCUT2D eigenvalue weighted by Crippen LogP contribution is -2.54. The molecule has 1 atom stereocenters. The van der Waals surface area contributed by atoms with Gasteiger partial charge in [0.1, 0.15) is 0 Å². The highest BCUT2D eigenvalue weighted by atomic mass is 32.2. The Hall–Kier alpha value is -1.50. The van der Waals surface area contributed by atoms with E-state index in [0.717, 1.165) is 5.39 Å². The van der Waals surface area contributed by atoms with Crippen LogP contribution in [0.2, 0.25) is 0 Å². The molecule has 1 unspecified atom stereocenters. The normalized spacial score (nSPS) is 15.3. The van der Waals surface area contributed by atoms with Gasteiger partial charge in [-0.25, -0.2) is 13.1 Å². The van der Waals surface area contributed by atoms with Crippen LogP contribution in [0.25, 0.3) is 10.8 Å². The van der Waals surface area contributed by atoms with E-state index in [9.17, 15) is 8.42 Å². The first-order valence-corrected chi connectivity index (χ1v) is 8.35. The van der Waals surface area contributed by atoms with E-state index in [0.29, 0.717) is 5.39 Å². The molecule has 0 aliphatic carbocycles. The molecule has 0 fully saturated rings. The fourth-order valence-electron chi connectivity index (χ4n) is 2.08. The third-order valence-corrected chi connectivity index (χ3v) is 5.67. The zero-order valence-corrected chi connectivity index (χ0v) is 13.3. The molecule has 1 aromatic carbocycles. The Kier molecular flexibility index (Phi) is 4.32. The fraction of sp³-hybridized carbons (Fsp3) is 0.400. The summed E-state index contributed by atoms with van der Waals surface area (Å²) in [5.41, 5.74) is 5.08. The largest absolute Gasteiger partial charge is 0.329 e. The van der Waals surface area contributed by atoms with Gasteiger partial charge in [0.2, 0.25) is 10.0 Å². The second kappa shape index (κ2) is 5.71. The van der Waals surface area contributed by atoms with Crippen LogP contribution < -0.4 is 10.5 Å². The van der Waals surface area contributed by atoms with E-state index in [-0.39, 0.29) is 17.4 Å². The van der Waals surface area contributed by atoms with Crippen molar-refractivity contribution in [2.45, 2.75) is 31.2 Å². The molecule has 114 valence electrons. The van der Waals surface area contributed by atoms with Gasteiger partial charge in [0.25, 0.3) is 0 Å². The molecule has 0 bridgehead atoms. The van der Waals surface area contributed by atoms with Crippen molar-refractivity contribution in [2.75, 3.05) is 6.54 Å². The Morgan fingerprint density at radius 1 is 1.33 bits per heavy atom. The summed E-state index contributed by atoms with van der Waals surface area (Å²) in [6, 6.07) is 6.86. The van der Waals surface area contributed by atoms with Crippen molar-refractivity contribution in [3.05, 3.63) is 36.7 Å². The van der Waals surface area contributed by atoms with Crippen LogP contribution in [0.4, 0.5) is 0 Å². The first-order chi connectivity index (χ1) is 9.80. The zero-order valence-electron chi connectivity index (χ0n) is 12.5. The third kappa shape index (κ3) is 3.07. The number of hydrogen-bond acceptors (Lipinski definition) is 4. The summed E-state index contributed by atoms with van der Waals surface area (Å²) < 4.78 is 28.2. The number of nitrogens with one attached hydrogen (secondary N) is 1. The zero-order chi connectivity index (χ0) is 15.7. The molecule has 2 rings (SSSR count). The van der Waals surface area contributed by atoms with Crippen molar-refractivity contribution in [2.24, 2.45) is 11.7 Å². The summed E-state index contributed by atoms with van der Waals surface area (Å²) in [5.74, 6) is 0.0777. The van der Waals surface area contributed by atoms with Crippen LogP contribution in [-0.4, -0.2) is 25.5 Å². The van der Waals surface area contributed by atoms with Gasteiger partial charge in [0.05, 0.1) is 4.90 Å². The predicted molar refractivity (Wildman–Crippen MR) is 84.4 cm³/mol. The molecule has 2 aromatic rings. The van der Waals surface area contributed by atoms with E-state index in [4.69, 9.17) is 5.73 Å². The van der Waals surface area contributed by atoms with E-state index in [2.05, 4.69) is 9.71 Å². The molecular weight excluding hydrogens is 286 g/mol. The number of rotatable bonds is 5. The molecule has 21 heavy (non-hydrogen) atoms. The maximum Gasteiger partial charge on any atom is 0.241 e. The molecule has 0 radical (unpaired) electrons. The average Bonchev–Trinajstić information content (AvgIpc) is 2.45. The lowest BCUT2D eigenvalue weighted by Gasteiger charge is -2.33. The number of fused-ring (bicyclic) bond motifs is 1. The monoisotopic (exact) mass is 307 g/mol. The van der Waals surface area contributed by atoms with Gasteiger partial charge < -0.3 is 5.73 Å². The molecule has 0 aliphatic heterocycles. The van der Waals surface area contributed by atoms with E-state index >= 15 is 0 Å². The lowest BCUT2D eigenvalue weighted by atomic mass is 9.90. The molecule has 0 spiro atoms. The molecule has 0 saturated carbocycles. The van der Waals surface area contributed by atoms with E-state index in [1.54, 1.807) is 30.6 Å². The smallest absolute Gasteiger partial charge is 0.241 e. The number of nitrogens with zero attached hydrogens (tertiary/aromatic N) is 1. The maximum absolute atomic E-state index is 12.7. The van der Waals surface area contributed by atoms with Crippen molar-refractivity contribution in [1.29, 1.82) is 0 Å². The van der Waals surface area contributed by atoms with Gasteiger partial charge >= 0.3 is 0 Å². The first kappa shape index (κ1) is 15.9. The Labute approximate surface area is 125 Å². The quantitative estimate of drug-likeness (QED) is 0.883. The van der Waals surface area contributed by atoms with E-state index in [1.807, 2.05) is 26.8 Å². The summed E-state index contributed by atoms with van der Waals surface area (Å²) in [6.45, 7) is 5.95. The number of nitrogens with two attached hydrogens (primary N) is 1. The second-order valence-corrected chi connectivity index (χ2v) is 7.39. The van der Waals surface area contributed by atoms with Crippen LogP contribution in [0.1, 0.15) is 20.8 Å². The molecule has 5 nitrogen and oxygen atoms in total. The Bertz CT molecular complexity index is 738. The van der Waals surface area contributed by atoms with Gasteiger partial charge in [0, 0.05) is 35.2 Å². The number of benzene rings is 1. The minimum absolute atomic E-state index is 0.0777. The average molecular weight is 307 g/mol. The van der Waals surface area contributed by atoms with Gasteiger partial charge in [-0.1, -0.05) is 26.0 Å². The highest BCUT2D eigenvalue weighted by Crippen LogP contribution is 2.25. The number of aromatic nitrogens is 1. The molecule has 1 heterocycles. The fourth-order valence-corrected chi connectivity index (χ4v) is 3.86. The summed E-state index contributed by atoms with van der Waals surface area (Å²) in [6.07, 6.45) is 3.24. The van der Waals surface area contributed by atoms with Crippen molar-refractivity contribution in [3.63, 3.8) is 0 Å². The van der Waals surface area contributed by atoms with Crippen LogP contribution in [-0.2, 0) is 10.0 Å². The first-order valence-electron chi connectivity index (χ1n) is 6.87. The summed E-state index contributed by atoms with van der Waals surface area (Å²) in [7, 11) is -3.66. The third-order valence-electron chi connectivity index (χ3n) is 4.00. The summed E-state index contributed by atoms with van der Waals surface area (Å²) in [5, 5.41) is 1.45. The number of hydrogen-bond donors (Lipinski definition) is 2. The van der Waals surface area contributed by atoms with Gasteiger partial charge in [-0.15, -0.1) is 0 Å². The van der Waals surface area contributed by atoms with E-state index in [1.165, 1.54) is 0 Å². The van der Waals surface area contributed by atoms with Crippen molar-refractivity contribution in [3.8, 4) is 0 Å². The van der Waals surface area contributed by atoms with Crippen molar-refractivity contribution in [1.82, 2.24) is 9.71 Å². The Morgan fingerprint density at radius 2 is 2.05 bits per heavy atom. The van der Waals surface area contributed by atoms with Crippen LogP contribution in [0.3, 0.4) is 0 Å². The lowest BCUT2D eigenvalue weighted by molar-refractivity contribution is 0.315. The van der Waals surface area contributed by atoms with E-state index < -0.39 is 15.6 Å². The predicted octanol–water partition coefficient (Wildman–Crippen LogP) is 1.89. The molecule has 3 N–H and O–H groups in total. The van der Waals surface area contributed by atoms with Gasteiger partial charge in [-0.3, -0.25) is 4.98 Å². The molecule has 6 heteroatoms. The minimum Gasteiger partial charge on any atom is -0.329 e. The summed E-state index contributed by atoms with van der Waals surface area (Å²) in [4.78, 5) is 4.27. The van der Waals surface area contributed by atoms with Crippen LogP contribution >= 0.6 is 0 Å². The van der Waals surface area contributed by atoms with Crippen molar-refractivity contribution >= 4 is 20.8 Å². The minimum atomic E-state index is -3.66. The van der Waals surface area contributed by atoms with Crippen LogP contribution in [0.5, 0.6) is 0 Å². The highest BCUT2D eigenvalue weighted by Gasteiger charge is 2.33. The van der Waals surface area contributed by atoms with Crippen LogP contribution in [0.15, 0.2) is 41.6 Å². The van der Waals surface area contributed by atoms with Gasteiger partial charge in [-0.05, 0) is 25.0 Å². The van der Waals surface area contributed by atoms with Gasteiger partial charge in [0.15, 0.2) is 0 Å². The maximum atomic E-state index is 12.7. The Morgan fingerprint density at radius 3 is 2.67 bits per heavy atom. The molecule has 1 aromatic heterocycles. The molecule has 0 amide bonds. The SMILES string of the molecule is CC(C)C(C)(CN)NS(=O)(=O)c1cccc2cnccc12. The summed E-state index contributed by atoms with van der Waals surface area (Å²) >= 11 is 0. The molecular formula is C15H21N3O2S. The highest BCUT2D eigenvalue weighted by molar-refractivity contribution is 7.89. The number of sulfonamides is 1. The topological polar surface area (TPSA) is 85.1 Å². The van der Waals surface area contributed by atoms with Crippen molar-refractivity contribution < 1.29 is 8.42 Å². The molecule has 0 saturated heterocycles.